The van der Waals surface area contributed by atoms with E-state index in [4.69, 9.17) is 28.4 Å². The molecule has 0 fully saturated rings. The Morgan fingerprint density at radius 2 is 0.308 bits per heavy atom. The van der Waals surface area contributed by atoms with Crippen molar-refractivity contribution in [2.75, 3.05) is 0 Å². The van der Waals surface area contributed by atoms with Gasteiger partial charge < -0.3 is 28.4 Å². The SMILES string of the molecule is CC(C)c1ccc(OC(=O)c2c(C(=O)Oc3ccc(C(C)C)cc3)c(C(=O)Oc3ccc(C(C)C)cc3)c(C(=O)Oc3ccc(C(C)C)cc3)c(C(=O)Oc3ccc(C(C)C)cc3)c2C(=O)Oc2ccc(C(C)C)cc2)cc1. The summed E-state index contributed by atoms with van der Waals surface area (Å²) in [7, 11) is 0. The van der Waals surface area contributed by atoms with Gasteiger partial charge in [0.25, 0.3) is 0 Å². The zero-order chi connectivity index (χ0) is 56.5. The Bertz CT molecular complexity index is 2690. The first-order valence-electron chi connectivity index (χ1n) is 26.3. The first-order chi connectivity index (χ1) is 37.1. The van der Waals surface area contributed by atoms with Crippen molar-refractivity contribution in [2.24, 2.45) is 0 Å². The predicted molar refractivity (Wildman–Crippen MR) is 299 cm³/mol. The van der Waals surface area contributed by atoms with Crippen LogP contribution in [0.15, 0.2) is 146 Å². The van der Waals surface area contributed by atoms with Gasteiger partial charge in [0, 0.05) is 0 Å². The quantitative estimate of drug-likeness (QED) is 0.0592. The first kappa shape index (κ1) is 57.1. The van der Waals surface area contributed by atoms with Gasteiger partial charge in [0.05, 0.1) is 33.4 Å². The zero-order valence-corrected chi connectivity index (χ0v) is 46.2. The van der Waals surface area contributed by atoms with E-state index >= 15 is 28.8 Å². The van der Waals surface area contributed by atoms with Crippen LogP contribution < -0.4 is 28.4 Å². The van der Waals surface area contributed by atoms with Crippen LogP contribution in [0.5, 0.6) is 34.5 Å². The average Bonchev–Trinajstić information content (AvgIpc) is 3.61. The van der Waals surface area contributed by atoms with Crippen molar-refractivity contribution in [3.63, 3.8) is 0 Å². The molecule has 7 aromatic rings. The fourth-order valence-corrected chi connectivity index (χ4v) is 8.45. The van der Waals surface area contributed by atoms with E-state index in [0.29, 0.717) is 0 Å². The highest BCUT2D eigenvalue weighted by molar-refractivity contribution is 6.25. The predicted octanol–water partition coefficient (Wildman–Crippen LogP) is 15.7. The fraction of sp³-hybridized carbons (Fsp3) is 0.273. The van der Waals surface area contributed by atoms with Gasteiger partial charge in [-0.2, -0.15) is 0 Å². The van der Waals surface area contributed by atoms with Crippen molar-refractivity contribution in [3.8, 4) is 34.5 Å². The van der Waals surface area contributed by atoms with Crippen LogP contribution in [0.1, 0.15) is 214 Å². The third kappa shape index (κ3) is 13.7. The second-order valence-electron chi connectivity index (χ2n) is 20.9. The normalized spacial score (nSPS) is 11.3. The number of benzene rings is 7. The molecule has 0 aliphatic carbocycles. The molecular weight excluding hydrogens is 985 g/mol. The summed E-state index contributed by atoms with van der Waals surface area (Å²) in [5.41, 5.74) is -0.542. The molecule has 0 aliphatic rings. The Morgan fingerprint density at radius 3 is 0.397 bits per heavy atom. The van der Waals surface area contributed by atoms with Gasteiger partial charge in [0.2, 0.25) is 0 Å². The van der Waals surface area contributed by atoms with Crippen LogP contribution in [0.25, 0.3) is 0 Å². The van der Waals surface area contributed by atoms with E-state index in [1.54, 1.807) is 72.8 Å². The summed E-state index contributed by atoms with van der Waals surface area (Å²) in [6.45, 7) is 23.8. The molecule has 0 bridgehead atoms. The fourth-order valence-electron chi connectivity index (χ4n) is 8.45. The van der Waals surface area contributed by atoms with E-state index in [9.17, 15) is 0 Å². The molecule has 0 N–H and O–H groups in total. The maximum atomic E-state index is 15.5. The lowest BCUT2D eigenvalue weighted by atomic mass is 9.85. The lowest BCUT2D eigenvalue weighted by Crippen LogP contribution is -2.34. The van der Waals surface area contributed by atoms with Crippen molar-refractivity contribution < 1.29 is 57.2 Å². The topological polar surface area (TPSA) is 158 Å². The third-order valence-corrected chi connectivity index (χ3v) is 13.3. The minimum absolute atomic E-state index is 0.0475. The number of rotatable bonds is 18. The standard InChI is InChI=1S/C66H66O12/c1-37(2)43-13-25-49(26-14-43)73-61(67)55-56(62(68)74-50-27-15-44(16-28-50)38(3)4)58(64(70)76-52-31-19-46(20-32-52)40(7)8)60(66(72)78-54-35-23-48(24-36-54)42(11)12)59(65(71)77-53-33-21-47(22-34-53)41(9)10)57(55)63(69)75-51-29-17-45(18-30-51)39(5)6/h13-42H,1-12H3. The molecule has 7 rings (SSSR count). The van der Waals surface area contributed by atoms with Crippen LogP contribution in [0, 0.1) is 0 Å². The van der Waals surface area contributed by atoms with Gasteiger partial charge in [0.15, 0.2) is 0 Å². The van der Waals surface area contributed by atoms with Gasteiger partial charge in [0.1, 0.15) is 34.5 Å². The molecular formula is C66H66O12. The van der Waals surface area contributed by atoms with Crippen LogP contribution in [-0.2, 0) is 0 Å². The lowest BCUT2D eigenvalue weighted by molar-refractivity contribution is 0.0635. The van der Waals surface area contributed by atoms with E-state index in [1.807, 2.05) is 83.1 Å². The molecule has 402 valence electrons. The summed E-state index contributed by atoms with van der Waals surface area (Å²) in [5, 5.41) is 0. The Labute approximate surface area is 456 Å². The Morgan fingerprint density at radius 1 is 0.205 bits per heavy atom. The molecule has 0 saturated heterocycles. The van der Waals surface area contributed by atoms with Crippen molar-refractivity contribution in [1.82, 2.24) is 0 Å². The largest absolute Gasteiger partial charge is 0.423 e. The van der Waals surface area contributed by atoms with Crippen LogP contribution in [-0.4, -0.2) is 35.8 Å². The average molecular weight is 1050 g/mol. The molecule has 0 aliphatic heterocycles. The molecule has 12 heteroatoms. The highest BCUT2D eigenvalue weighted by Crippen LogP contribution is 2.37. The van der Waals surface area contributed by atoms with Crippen molar-refractivity contribution in [1.29, 1.82) is 0 Å². The Kier molecular flexibility index (Phi) is 18.3. The molecule has 0 unspecified atom stereocenters. The zero-order valence-electron chi connectivity index (χ0n) is 46.2. The first-order valence-corrected chi connectivity index (χ1v) is 26.3. The van der Waals surface area contributed by atoms with Gasteiger partial charge in [-0.1, -0.05) is 156 Å². The number of carbonyl (C=O) groups is 6. The molecule has 0 radical (unpaired) electrons. The Balaban J connectivity index is 1.61. The monoisotopic (exact) mass is 1050 g/mol. The van der Waals surface area contributed by atoms with Gasteiger partial charge in [-0.25, -0.2) is 28.8 Å². The Hall–Kier alpha value is -8.64. The smallest absolute Gasteiger partial charge is 0.345 e. The summed E-state index contributed by atoms with van der Waals surface area (Å²) < 4.78 is 36.2. The lowest BCUT2D eigenvalue weighted by Gasteiger charge is -2.23. The minimum atomic E-state index is -1.42. The van der Waals surface area contributed by atoms with Crippen LogP contribution in [0.3, 0.4) is 0 Å². The van der Waals surface area contributed by atoms with Crippen molar-refractivity contribution >= 4 is 35.8 Å². The van der Waals surface area contributed by atoms with E-state index in [1.165, 1.54) is 72.8 Å². The number of hydrogen-bond acceptors (Lipinski definition) is 12. The summed E-state index contributed by atoms with van der Waals surface area (Å²) in [5.74, 6) is -8.29. The van der Waals surface area contributed by atoms with Gasteiger partial charge in [-0.15, -0.1) is 0 Å². The minimum Gasteiger partial charge on any atom is -0.423 e. The molecule has 0 spiro atoms. The van der Waals surface area contributed by atoms with Gasteiger partial charge >= 0.3 is 35.8 Å². The van der Waals surface area contributed by atoms with E-state index < -0.39 is 69.2 Å². The van der Waals surface area contributed by atoms with Gasteiger partial charge in [-0.3, -0.25) is 0 Å². The molecule has 0 heterocycles. The molecule has 0 saturated carbocycles. The maximum Gasteiger partial charge on any atom is 0.345 e. The second kappa shape index (κ2) is 25.0. The van der Waals surface area contributed by atoms with Crippen LogP contribution in [0.2, 0.25) is 0 Å². The molecule has 0 aromatic heterocycles. The van der Waals surface area contributed by atoms with Crippen molar-refractivity contribution in [2.45, 2.75) is 119 Å². The van der Waals surface area contributed by atoms with Crippen molar-refractivity contribution in [3.05, 3.63) is 212 Å². The van der Waals surface area contributed by atoms with E-state index in [0.717, 1.165) is 33.4 Å². The molecule has 7 aromatic carbocycles. The molecule has 78 heavy (non-hydrogen) atoms. The third-order valence-electron chi connectivity index (χ3n) is 13.3. The van der Waals surface area contributed by atoms with Gasteiger partial charge in [-0.05, 0) is 142 Å². The molecule has 0 amide bonds. The molecule has 12 nitrogen and oxygen atoms in total. The second-order valence-corrected chi connectivity index (χ2v) is 20.9. The highest BCUT2D eigenvalue weighted by Gasteiger charge is 2.44. The summed E-state index contributed by atoms with van der Waals surface area (Å²) >= 11 is 0. The summed E-state index contributed by atoms with van der Waals surface area (Å²) in [4.78, 5) is 93.0. The van der Waals surface area contributed by atoms with E-state index in [2.05, 4.69) is 0 Å². The number of carbonyl (C=O) groups excluding carboxylic acids is 6. The molecule has 0 atom stereocenters. The summed E-state index contributed by atoms with van der Waals surface area (Å²) in [6.07, 6.45) is 0. The maximum absolute atomic E-state index is 15.5. The number of hydrogen-bond donors (Lipinski definition) is 0. The number of esters is 6. The van der Waals surface area contributed by atoms with E-state index in [-0.39, 0.29) is 70.0 Å². The van der Waals surface area contributed by atoms with Crippen LogP contribution >= 0.6 is 0 Å². The summed E-state index contributed by atoms with van der Waals surface area (Å²) in [6, 6.07) is 38.9. The van der Waals surface area contributed by atoms with Crippen LogP contribution in [0.4, 0.5) is 0 Å². The number of ether oxygens (including phenoxy) is 6. The highest BCUT2D eigenvalue weighted by atomic mass is 16.6.